The minimum Gasteiger partial charge on any atom is -0.414 e. The Morgan fingerprint density at radius 1 is 1.05 bits per heavy atom. The van der Waals surface area contributed by atoms with E-state index in [0.717, 1.165) is 101 Å². The maximum atomic E-state index is 6.82. The summed E-state index contributed by atoms with van der Waals surface area (Å²) >= 11 is 0. The molecular weight excluding hydrogens is 526 g/mol. The number of nitrogens with one attached hydrogen (secondary N) is 1. The van der Waals surface area contributed by atoms with Crippen LogP contribution in [0.1, 0.15) is 83.3 Å². The Bertz CT molecular complexity index is 1270. The van der Waals surface area contributed by atoms with Gasteiger partial charge < -0.3 is 19.0 Å². The summed E-state index contributed by atoms with van der Waals surface area (Å²) in [5.74, 6) is 1.22. The highest BCUT2D eigenvalue weighted by Crippen LogP contribution is 2.42. The molecular formula is C33H51N5O2Si. The zero-order chi connectivity index (χ0) is 29.0. The fourth-order valence-corrected chi connectivity index (χ4v) is 7.30. The molecule has 0 spiro atoms. The van der Waals surface area contributed by atoms with Crippen molar-refractivity contribution >= 4 is 25.3 Å². The summed E-state index contributed by atoms with van der Waals surface area (Å²) in [7, 11) is -1.76. The van der Waals surface area contributed by atoms with Gasteiger partial charge in [0, 0.05) is 44.2 Å². The largest absolute Gasteiger partial charge is 0.414 e. The molecule has 7 nitrogen and oxygen atoms in total. The van der Waals surface area contributed by atoms with Gasteiger partial charge in [0.15, 0.2) is 8.32 Å². The molecule has 2 aliphatic rings. The number of hydrogen-bond donors (Lipinski definition) is 1. The third-order valence-corrected chi connectivity index (χ3v) is 14.0. The minimum absolute atomic E-state index is 0.243. The van der Waals surface area contributed by atoms with E-state index in [-0.39, 0.29) is 5.04 Å². The lowest BCUT2D eigenvalue weighted by Gasteiger charge is -2.41. The zero-order valence-corrected chi connectivity index (χ0v) is 27.2. The third-order valence-electron chi connectivity index (χ3n) is 9.49. The Hall–Kier alpha value is -2.26. The van der Waals surface area contributed by atoms with Crippen molar-refractivity contribution in [3.05, 3.63) is 47.8 Å². The summed E-state index contributed by atoms with van der Waals surface area (Å²) in [6.45, 7) is 19.5. The van der Waals surface area contributed by atoms with E-state index in [1.807, 2.05) is 6.20 Å². The molecule has 1 saturated carbocycles. The molecule has 1 N–H and O–H groups in total. The molecule has 3 heterocycles. The van der Waals surface area contributed by atoms with E-state index in [2.05, 4.69) is 86.0 Å². The van der Waals surface area contributed by atoms with Crippen molar-refractivity contribution in [3.8, 4) is 5.69 Å². The number of rotatable bonds is 10. The molecule has 0 bridgehead atoms. The molecule has 224 valence electrons. The van der Waals surface area contributed by atoms with Gasteiger partial charge in [0.05, 0.1) is 30.4 Å². The smallest absolute Gasteiger partial charge is 0.223 e. The molecule has 0 radical (unpaired) electrons. The van der Waals surface area contributed by atoms with Crippen molar-refractivity contribution in [1.82, 2.24) is 19.4 Å². The zero-order valence-electron chi connectivity index (χ0n) is 26.2. The van der Waals surface area contributed by atoms with Crippen molar-refractivity contribution < 1.29 is 9.16 Å². The summed E-state index contributed by atoms with van der Waals surface area (Å²) in [4.78, 5) is 12.3. The molecule has 5 rings (SSSR count). The van der Waals surface area contributed by atoms with Crippen LogP contribution in [-0.4, -0.2) is 66.7 Å². The number of ether oxygens (including phenoxy) is 1. The van der Waals surface area contributed by atoms with Gasteiger partial charge in [0.1, 0.15) is 0 Å². The summed E-state index contributed by atoms with van der Waals surface area (Å²) in [6.07, 6.45) is 11.5. The molecule has 3 aromatic rings. The van der Waals surface area contributed by atoms with Gasteiger partial charge in [-0.1, -0.05) is 46.2 Å². The van der Waals surface area contributed by atoms with Crippen LogP contribution in [0, 0.1) is 0 Å². The second-order valence-electron chi connectivity index (χ2n) is 13.6. The van der Waals surface area contributed by atoms with Gasteiger partial charge in [0.2, 0.25) is 5.95 Å². The lowest BCUT2D eigenvalue weighted by molar-refractivity contribution is 0.0342. The molecule has 41 heavy (non-hydrogen) atoms. The lowest BCUT2D eigenvalue weighted by atomic mass is 9.83. The van der Waals surface area contributed by atoms with Gasteiger partial charge in [-0.3, -0.25) is 4.90 Å². The number of unbranched alkanes of at least 4 members (excludes halogenated alkanes) is 1. The van der Waals surface area contributed by atoms with Gasteiger partial charge >= 0.3 is 0 Å². The van der Waals surface area contributed by atoms with Crippen molar-refractivity contribution in [3.63, 3.8) is 0 Å². The van der Waals surface area contributed by atoms with Crippen LogP contribution < -0.4 is 5.32 Å². The number of aromatic nitrogens is 3. The van der Waals surface area contributed by atoms with Gasteiger partial charge in [-0.25, -0.2) is 9.97 Å². The highest BCUT2D eigenvalue weighted by molar-refractivity contribution is 6.74. The van der Waals surface area contributed by atoms with E-state index in [9.17, 15) is 0 Å². The monoisotopic (exact) mass is 577 g/mol. The first-order valence-electron chi connectivity index (χ1n) is 15.8. The highest BCUT2D eigenvalue weighted by Gasteiger charge is 2.40. The van der Waals surface area contributed by atoms with E-state index < -0.39 is 8.32 Å². The van der Waals surface area contributed by atoms with Crippen molar-refractivity contribution in [2.24, 2.45) is 0 Å². The Labute approximate surface area is 248 Å². The van der Waals surface area contributed by atoms with E-state index in [4.69, 9.17) is 19.1 Å². The molecule has 1 saturated heterocycles. The number of benzene rings is 1. The molecule has 1 aromatic carbocycles. The predicted molar refractivity (Wildman–Crippen MR) is 172 cm³/mol. The van der Waals surface area contributed by atoms with Gasteiger partial charge in [-0.15, -0.1) is 0 Å². The molecule has 0 unspecified atom stereocenters. The first-order chi connectivity index (χ1) is 19.6. The Morgan fingerprint density at radius 2 is 1.76 bits per heavy atom. The standard InChI is InChI=1S/C33H51N5O2Si/c1-7-8-17-34-32-35-22-30-31(36-32)29(26-11-15-28(16-12-26)40-41(5,6)33(2,3)4)24-38(30)27-13-9-25(10-14-27)23-37-18-20-39-21-19-37/h9-10,13-14,22,24,26,28H,7-8,11-12,15-21,23H2,1-6H3,(H,34,35,36). The maximum Gasteiger partial charge on any atom is 0.223 e. The number of nitrogens with zero attached hydrogens (tertiary/aromatic N) is 4. The predicted octanol–water partition coefficient (Wildman–Crippen LogP) is 7.51. The molecule has 8 heteroatoms. The molecule has 0 amide bonds. The highest BCUT2D eigenvalue weighted by atomic mass is 28.4. The van der Waals surface area contributed by atoms with Crippen LogP contribution in [0.3, 0.4) is 0 Å². The van der Waals surface area contributed by atoms with Crippen LogP contribution >= 0.6 is 0 Å². The summed E-state index contributed by atoms with van der Waals surface area (Å²) in [6, 6.07) is 9.02. The number of hydrogen-bond acceptors (Lipinski definition) is 6. The SMILES string of the molecule is CCCCNc1ncc2c(n1)c(C1CCC(O[Si](C)(C)C(C)(C)C)CC1)cn2-c1ccc(CN2CCOCC2)cc1. The molecule has 2 aromatic heterocycles. The maximum absolute atomic E-state index is 6.82. The van der Waals surface area contributed by atoms with Crippen molar-refractivity contribution in [2.75, 3.05) is 38.2 Å². The lowest BCUT2D eigenvalue weighted by Crippen LogP contribution is -2.44. The average Bonchev–Trinajstić information content (AvgIpc) is 3.33. The second-order valence-corrected chi connectivity index (χ2v) is 18.3. The Kier molecular flexibility index (Phi) is 9.53. The van der Waals surface area contributed by atoms with E-state index in [1.165, 1.54) is 11.1 Å². The van der Waals surface area contributed by atoms with Crippen molar-refractivity contribution in [1.29, 1.82) is 0 Å². The molecule has 1 aliphatic heterocycles. The summed E-state index contributed by atoms with van der Waals surface area (Å²) in [5.41, 5.74) is 6.03. The van der Waals surface area contributed by atoms with Crippen LogP contribution in [0.4, 0.5) is 5.95 Å². The van der Waals surface area contributed by atoms with Crippen LogP contribution in [-0.2, 0) is 15.7 Å². The van der Waals surface area contributed by atoms with Crippen LogP contribution in [0.2, 0.25) is 18.1 Å². The molecule has 2 fully saturated rings. The van der Waals surface area contributed by atoms with Gasteiger partial charge in [0.25, 0.3) is 0 Å². The van der Waals surface area contributed by atoms with Gasteiger partial charge in [-0.2, -0.15) is 0 Å². The molecule has 1 aliphatic carbocycles. The number of fused-ring (bicyclic) bond motifs is 1. The topological polar surface area (TPSA) is 64.4 Å². The van der Waals surface area contributed by atoms with Crippen LogP contribution in [0.15, 0.2) is 36.7 Å². The van der Waals surface area contributed by atoms with Gasteiger partial charge in [-0.05, 0) is 79.4 Å². The summed E-state index contributed by atoms with van der Waals surface area (Å²) in [5, 5.41) is 3.69. The van der Waals surface area contributed by atoms with E-state index >= 15 is 0 Å². The minimum atomic E-state index is -1.76. The van der Waals surface area contributed by atoms with E-state index in [0.29, 0.717) is 12.0 Å². The normalized spacial score (nSPS) is 20.9. The third kappa shape index (κ3) is 7.21. The quantitative estimate of drug-likeness (QED) is 0.199. The second kappa shape index (κ2) is 12.9. The van der Waals surface area contributed by atoms with Crippen molar-refractivity contribution in [2.45, 2.75) is 103 Å². The van der Waals surface area contributed by atoms with E-state index in [1.54, 1.807) is 0 Å². The number of morpholine rings is 1. The molecule has 0 atom stereocenters. The van der Waals surface area contributed by atoms with Crippen LogP contribution in [0.25, 0.3) is 16.7 Å². The Balaban J connectivity index is 1.38. The fourth-order valence-electron chi connectivity index (χ4n) is 5.87. The Morgan fingerprint density at radius 3 is 2.41 bits per heavy atom. The average molecular weight is 578 g/mol. The first kappa shape index (κ1) is 30.2. The number of anilines is 1. The van der Waals surface area contributed by atoms with Crippen LogP contribution in [0.5, 0.6) is 0 Å². The first-order valence-corrected chi connectivity index (χ1v) is 18.7. The summed E-state index contributed by atoms with van der Waals surface area (Å²) < 4.78 is 14.6. The fraction of sp³-hybridized carbons (Fsp3) is 0.636.